The standard InChI is InChI=1S/C9H13BrN4O2/c1-5(3-7(11)15)13-6-4-12-14(2)9(16)8(6)10/h4-5,13H,3H2,1-2H3,(H2,11,15). The Morgan fingerprint density at radius 1 is 1.75 bits per heavy atom. The second-order valence-corrected chi connectivity index (χ2v) is 4.31. The molecule has 88 valence electrons. The monoisotopic (exact) mass is 288 g/mol. The normalized spacial score (nSPS) is 12.2. The summed E-state index contributed by atoms with van der Waals surface area (Å²) in [6, 6.07) is -0.150. The predicted molar refractivity (Wildman–Crippen MR) is 64.1 cm³/mol. The van der Waals surface area contributed by atoms with Crippen LogP contribution in [0, 0.1) is 0 Å². The summed E-state index contributed by atoms with van der Waals surface area (Å²) in [6.07, 6.45) is 1.71. The van der Waals surface area contributed by atoms with Gasteiger partial charge in [0.2, 0.25) is 5.91 Å². The minimum atomic E-state index is -0.395. The number of hydrogen-bond donors (Lipinski definition) is 2. The molecule has 16 heavy (non-hydrogen) atoms. The highest BCUT2D eigenvalue weighted by Gasteiger charge is 2.11. The largest absolute Gasteiger partial charge is 0.380 e. The molecule has 1 rings (SSSR count). The third-order valence-corrected chi connectivity index (χ3v) is 2.75. The van der Waals surface area contributed by atoms with Crippen molar-refractivity contribution in [1.82, 2.24) is 9.78 Å². The molecule has 0 radical (unpaired) electrons. The number of nitrogens with one attached hydrogen (secondary N) is 1. The smallest absolute Gasteiger partial charge is 0.282 e. The van der Waals surface area contributed by atoms with Crippen molar-refractivity contribution in [3.8, 4) is 0 Å². The van der Waals surface area contributed by atoms with E-state index in [1.54, 1.807) is 14.0 Å². The van der Waals surface area contributed by atoms with E-state index in [4.69, 9.17) is 5.73 Å². The van der Waals surface area contributed by atoms with Crippen molar-refractivity contribution in [2.45, 2.75) is 19.4 Å². The van der Waals surface area contributed by atoms with Crippen LogP contribution in [0.3, 0.4) is 0 Å². The van der Waals surface area contributed by atoms with Gasteiger partial charge in [0, 0.05) is 19.5 Å². The SMILES string of the molecule is CC(CC(N)=O)Nc1cnn(C)c(=O)c1Br. The molecule has 0 bridgehead atoms. The molecule has 0 aromatic carbocycles. The number of carbonyl (C=O) groups is 1. The van der Waals surface area contributed by atoms with Crippen molar-refractivity contribution < 1.29 is 4.79 Å². The number of aromatic nitrogens is 2. The second kappa shape index (κ2) is 5.11. The molecule has 3 N–H and O–H groups in total. The number of nitrogens with zero attached hydrogens (tertiary/aromatic N) is 2. The molecule has 6 nitrogen and oxygen atoms in total. The zero-order chi connectivity index (χ0) is 12.3. The van der Waals surface area contributed by atoms with Crippen molar-refractivity contribution in [3.63, 3.8) is 0 Å². The van der Waals surface area contributed by atoms with Crippen LogP contribution < -0.4 is 16.6 Å². The van der Waals surface area contributed by atoms with Crippen LogP contribution in [0.1, 0.15) is 13.3 Å². The average molecular weight is 289 g/mol. The van der Waals surface area contributed by atoms with Gasteiger partial charge in [-0.15, -0.1) is 0 Å². The molecule has 7 heteroatoms. The summed E-state index contributed by atoms with van der Waals surface area (Å²) >= 11 is 3.17. The van der Waals surface area contributed by atoms with Crippen LogP contribution in [-0.2, 0) is 11.8 Å². The van der Waals surface area contributed by atoms with E-state index in [0.29, 0.717) is 10.2 Å². The van der Waals surface area contributed by atoms with Gasteiger partial charge in [-0.2, -0.15) is 5.10 Å². The highest BCUT2D eigenvalue weighted by Crippen LogP contribution is 2.17. The zero-order valence-corrected chi connectivity index (χ0v) is 10.6. The fourth-order valence-corrected chi connectivity index (χ4v) is 1.70. The molecule has 1 heterocycles. The maximum atomic E-state index is 11.5. The summed E-state index contributed by atoms with van der Waals surface area (Å²) in [5.41, 5.74) is 5.38. The number of hydrogen-bond acceptors (Lipinski definition) is 4. The average Bonchev–Trinajstić information content (AvgIpc) is 2.18. The van der Waals surface area contributed by atoms with Crippen LogP contribution in [0.4, 0.5) is 5.69 Å². The van der Waals surface area contributed by atoms with E-state index < -0.39 is 5.91 Å². The molecule has 1 unspecified atom stereocenters. The highest BCUT2D eigenvalue weighted by atomic mass is 79.9. The van der Waals surface area contributed by atoms with E-state index in [-0.39, 0.29) is 18.0 Å². The van der Waals surface area contributed by atoms with Crippen molar-refractivity contribution in [3.05, 3.63) is 21.0 Å². The molecule has 1 amide bonds. The van der Waals surface area contributed by atoms with Crippen LogP contribution in [0.2, 0.25) is 0 Å². The number of aryl methyl sites for hydroxylation is 1. The molecule has 1 aromatic rings. The predicted octanol–water partition coefficient (Wildman–Crippen LogP) is 0.219. The van der Waals surface area contributed by atoms with Gasteiger partial charge in [0.15, 0.2) is 0 Å². The Hall–Kier alpha value is -1.37. The number of nitrogens with two attached hydrogens (primary N) is 1. The number of primary amides is 1. The maximum absolute atomic E-state index is 11.5. The first-order chi connectivity index (χ1) is 7.41. The Morgan fingerprint density at radius 2 is 2.38 bits per heavy atom. The lowest BCUT2D eigenvalue weighted by Gasteiger charge is -2.14. The first-order valence-corrected chi connectivity index (χ1v) is 5.47. The van der Waals surface area contributed by atoms with E-state index in [0.717, 1.165) is 0 Å². The molecular weight excluding hydrogens is 276 g/mol. The van der Waals surface area contributed by atoms with E-state index in [1.165, 1.54) is 10.9 Å². The van der Waals surface area contributed by atoms with Crippen molar-refractivity contribution in [2.75, 3.05) is 5.32 Å². The fraction of sp³-hybridized carbons (Fsp3) is 0.444. The lowest BCUT2D eigenvalue weighted by molar-refractivity contribution is -0.118. The number of carbonyl (C=O) groups excluding carboxylic acids is 1. The Morgan fingerprint density at radius 3 is 2.94 bits per heavy atom. The number of anilines is 1. The minimum absolute atomic E-state index is 0.150. The molecule has 0 aliphatic rings. The first-order valence-electron chi connectivity index (χ1n) is 4.68. The Balaban J connectivity index is 2.86. The van der Waals surface area contributed by atoms with Gasteiger partial charge in [-0.05, 0) is 22.9 Å². The molecule has 0 fully saturated rings. The third-order valence-electron chi connectivity index (χ3n) is 1.99. The summed E-state index contributed by atoms with van der Waals surface area (Å²) in [6.45, 7) is 1.80. The van der Waals surface area contributed by atoms with Crippen LogP contribution in [0.5, 0.6) is 0 Å². The van der Waals surface area contributed by atoms with Gasteiger partial charge >= 0.3 is 0 Å². The van der Waals surface area contributed by atoms with E-state index >= 15 is 0 Å². The molecule has 0 spiro atoms. The zero-order valence-electron chi connectivity index (χ0n) is 9.03. The van der Waals surface area contributed by atoms with Crippen molar-refractivity contribution >= 4 is 27.5 Å². The summed E-state index contributed by atoms with van der Waals surface area (Å²) in [5, 5.41) is 6.85. The Labute approximate surface area is 101 Å². The van der Waals surface area contributed by atoms with Gasteiger partial charge in [-0.1, -0.05) is 0 Å². The van der Waals surface area contributed by atoms with E-state index in [2.05, 4.69) is 26.3 Å². The number of amides is 1. The first kappa shape index (κ1) is 12.7. The lowest BCUT2D eigenvalue weighted by atomic mass is 10.2. The van der Waals surface area contributed by atoms with Gasteiger partial charge in [0.25, 0.3) is 5.56 Å². The Bertz CT molecular complexity index is 457. The molecular formula is C9H13BrN4O2. The number of rotatable bonds is 4. The van der Waals surface area contributed by atoms with Crippen LogP contribution in [-0.4, -0.2) is 21.7 Å². The van der Waals surface area contributed by atoms with Crippen molar-refractivity contribution in [2.24, 2.45) is 12.8 Å². The topological polar surface area (TPSA) is 90.0 Å². The van der Waals surface area contributed by atoms with Gasteiger partial charge < -0.3 is 11.1 Å². The lowest BCUT2D eigenvalue weighted by Crippen LogP contribution is -2.27. The fourth-order valence-electron chi connectivity index (χ4n) is 1.23. The van der Waals surface area contributed by atoms with Gasteiger partial charge in [-0.25, -0.2) is 4.68 Å². The van der Waals surface area contributed by atoms with E-state index in [9.17, 15) is 9.59 Å². The molecule has 1 atom stereocenters. The number of halogens is 1. The summed E-state index contributed by atoms with van der Waals surface area (Å²) in [4.78, 5) is 22.2. The van der Waals surface area contributed by atoms with Crippen molar-refractivity contribution in [1.29, 1.82) is 0 Å². The minimum Gasteiger partial charge on any atom is -0.380 e. The van der Waals surface area contributed by atoms with Gasteiger partial charge in [-0.3, -0.25) is 9.59 Å². The molecule has 1 aromatic heterocycles. The molecule has 0 saturated carbocycles. The molecule has 0 aliphatic carbocycles. The van der Waals surface area contributed by atoms with Gasteiger partial charge in [0.1, 0.15) is 4.47 Å². The molecule has 0 aliphatic heterocycles. The van der Waals surface area contributed by atoms with E-state index in [1.807, 2.05) is 0 Å². The molecule has 0 saturated heterocycles. The third kappa shape index (κ3) is 3.06. The van der Waals surface area contributed by atoms with Crippen LogP contribution >= 0.6 is 15.9 Å². The van der Waals surface area contributed by atoms with Gasteiger partial charge in [0.05, 0.1) is 11.9 Å². The maximum Gasteiger partial charge on any atom is 0.282 e. The summed E-state index contributed by atoms with van der Waals surface area (Å²) in [5.74, 6) is -0.395. The quantitative estimate of drug-likeness (QED) is 0.829. The second-order valence-electron chi connectivity index (χ2n) is 3.52. The van der Waals surface area contributed by atoms with Crippen LogP contribution in [0.15, 0.2) is 15.5 Å². The van der Waals surface area contributed by atoms with Crippen LogP contribution in [0.25, 0.3) is 0 Å². The highest BCUT2D eigenvalue weighted by molar-refractivity contribution is 9.10. The summed E-state index contributed by atoms with van der Waals surface area (Å²) in [7, 11) is 1.56. The summed E-state index contributed by atoms with van der Waals surface area (Å²) < 4.78 is 1.61. The Kier molecular flexibility index (Phi) is 4.05.